The molecule has 0 heterocycles. The Labute approximate surface area is 119 Å². The highest BCUT2D eigenvalue weighted by Gasteiger charge is 2.19. The highest BCUT2D eigenvalue weighted by Crippen LogP contribution is 2.06. The average molecular weight is 292 g/mol. The van der Waals surface area contributed by atoms with Crippen LogP contribution in [-0.4, -0.2) is 25.4 Å². The lowest BCUT2D eigenvalue weighted by Gasteiger charge is -2.08. The Morgan fingerprint density at radius 3 is 2.85 bits per heavy atom. The van der Waals surface area contributed by atoms with Crippen molar-refractivity contribution >= 4 is 10.0 Å². The number of nitriles is 1. The van der Waals surface area contributed by atoms with Gasteiger partial charge in [0.15, 0.2) is 5.25 Å². The second kappa shape index (κ2) is 7.66. The number of rotatable bonds is 5. The Morgan fingerprint density at radius 1 is 1.45 bits per heavy atom. The third-order valence-corrected chi connectivity index (χ3v) is 4.10. The van der Waals surface area contributed by atoms with E-state index in [4.69, 9.17) is 10.4 Å². The molecule has 0 aliphatic rings. The van der Waals surface area contributed by atoms with Crippen LogP contribution in [-0.2, 0) is 16.6 Å². The second-order valence-corrected chi connectivity index (χ2v) is 6.20. The molecule has 1 aromatic rings. The van der Waals surface area contributed by atoms with Crippen LogP contribution in [0.2, 0.25) is 0 Å². The standard InChI is InChI=1S/C14H16N2O3S/c1-12(10-15)20(18,19)16-11-14-7-4-6-13(9-14)5-2-3-8-17/h4,6-7,9,12,16-17H,3,8,11H2,1H3. The van der Waals surface area contributed by atoms with E-state index in [1.807, 2.05) is 0 Å². The van der Waals surface area contributed by atoms with Gasteiger partial charge in [-0.3, -0.25) is 0 Å². The summed E-state index contributed by atoms with van der Waals surface area (Å²) in [5, 5.41) is 16.2. The number of aliphatic hydroxyl groups is 1. The summed E-state index contributed by atoms with van der Waals surface area (Å²) < 4.78 is 25.7. The molecule has 6 heteroatoms. The Kier molecular flexibility index (Phi) is 6.20. The van der Waals surface area contributed by atoms with Crippen LogP contribution in [0.5, 0.6) is 0 Å². The number of hydrogen-bond acceptors (Lipinski definition) is 4. The highest BCUT2D eigenvalue weighted by atomic mass is 32.2. The molecule has 1 atom stereocenters. The lowest BCUT2D eigenvalue weighted by atomic mass is 10.1. The molecule has 1 unspecified atom stereocenters. The topological polar surface area (TPSA) is 90.2 Å². The second-order valence-electron chi connectivity index (χ2n) is 4.11. The molecule has 0 amide bonds. The average Bonchev–Trinajstić information content (AvgIpc) is 2.45. The van der Waals surface area contributed by atoms with Crippen LogP contribution in [0.15, 0.2) is 24.3 Å². The minimum absolute atomic E-state index is 0.0124. The van der Waals surface area contributed by atoms with Crippen LogP contribution in [0.1, 0.15) is 24.5 Å². The zero-order valence-corrected chi connectivity index (χ0v) is 11.9. The normalized spacial score (nSPS) is 12.1. The van der Waals surface area contributed by atoms with Crippen molar-refractivity contribution in [3.63, 3.8) is 0 Å². The van der Waals surface area contributed by atoms with E-state index in [1.165, 1.54) is 6.92 Å². The molecule has 0 saturated heterocycles. The van der Waals surface area contributed by atoms with Gasteiger partial charge in [0, 0.05) is 18.5 Å². The number of benzene rings is 1. The number of aliphatic hydroxyl groups excluding tert-OH is 1. The van der Waals surface area contributed by atoms with Crippen LogP contribution in [0.4, 0.5) is 0 Å². The summed E-state index contributed by atoms with van der Waals surface area (Å²) >= 11 is 0. The van der Waals surface area contributed by atoms with Crippen molar-refractivity contribution in [2.45, 2.75) is 25.1 Å². The van der Waals surface area contributed by atoms with Gasteiger partial charge in [-0.1, -0.05) is 24.0 Å². The Morgan fingerprint density at radius 2 is 2.20 bits per heavy atom. The van der Waals surface area contributed by atoms with Crippen LogP contribution >= 0.6 is 0 Å². The van der Waals surface area contributed by atoms with Gasteiger partial charge in [-0.05, 0) is 24.6 Å². The van der Waals surface area contributed by atoms with Gasteiger partial charge in [0.1, 0.15) is 0 Å². The predicted octanol–water partition coefficient (Wildman–Crippen LogP) is 0.752. The van der Waals surface area contributed by atoms with Crippen LogP contribution in [0.25, 0.3) is 0 Å². The fraction of sp³-hybridized carbons (Fsp3) is 0.357. The van der Waals surface area contributed by atoms with E-state index >= 15 is 0 Å². The summed E-state index contributed by atoms with van der Waals surface area (Å²) in [6, 6.07) is 8.82. The summed E-state index contributed by atoms with van der Waals surface area (Å²) in [5.41, 5.74) is 1.51. The van der Waals surface area contributed by atoms with Crippen molar-refractivity contribution in [2.24, 2.45) is 0 Å². The molecule has 0 bridgehead atoms. The van der Waals surface area contributed by atoms with Crippen molar-refractivity contribution in [3.05, 3.63) is 35.4 Å². The molecule has 0 aliphatic carbocycles. The fourth-order valence-corrected chi connectivity index (χ4v) is 2.11. The molecule has 0 radical (unpaired) electrons. The first-order valence-corrected chi connectivity index (χ1v) is 7.61. The first kappa shape index (κ1) is 16.2. The van der Waals surface area contributed by atoms with Gasteiger partial charge in [0.25, 0.3) is 0 Å². The lowest BCUT2D eigenvalue weighted by molar-refractivity contribution is 0.305. The molecule has 0 aromatic heterocycles. The number of nitrogens with zero attached hydrogens (tertiary/aromatic N) is 1. The van der Waals surface area contributed by atoms with E-state index in [-0.39, 0.29) is 13.2 Å². The predicted molar refractivity (Wildman–Crippen MR) is 75.9 cm³/mol. The summed E-state index contributed by atoms with van der Waals surface area (Å²) in [5.74, 6) is 5.67. The maximum Gasteiger partial charge on any atom is 0.227 e. The molecule has 20 heavy (non-hydrogen) atoms. The van der Waals surface area contributed by atoms with Gasteiger partial charge in [-0.2, -0.15) is 5.26 Å². The maximum absolute atomic E-state index is 11.6. The van der Waals surface area contributed by atoms with E-state index in [0.29, 0.717) is 6.42 Å². The molecule has 106 valence electrons. The summed E-state index contributed by atoms with van der Waals surface area (Å²) in [6.07, 6.45) is 0.399. The van der Waals surface area contributed by atoms with Gasteiger partial charge < -0.3 is 5.11 Å². The maximum atomic E-state index is 11.6. The van der Waals surface area contributed by atoms with Gasteiger partial charge >= 0.3 is 0 Å². The minimum Gasteiger partial charge on any atom is -0.395 e. The molecule has 0 fully saturated rings. The smallest absolute Gasteiger partial charge is 0.227 e. The van der Waals surface area contributed by atoms with Crippen molar-refractivity contribution in [3.8, 4) is 17.9 Å². The first-order chi connectivity index (χ1) is 9.49. The quantitative estimate of drug-likeness (QED) is 0.784. The number of sulfonamides is 1. The Balaban J connectivity index is 2.74. The monoisotopic (exact) mass is 292 g/mol. The molecule has 0 saturated carbocycles. The zero-order chi connectivity index (χ0) is 15.0. The van der Waals surface area contributed by atoms with E-state index in [1.54, 1.807) is 30.3 Å². The SMILES string of the molecule is CC(C#N)S(=O)(=O)NCc1cccc(C#CCCO)c1. The van der Waals surface area contributed by atoms with Crippen LogP contribution < -0.4 is 4.72 Å². The zero-order valence-electron chi connectivity index (χ0n) is 11.1. The third kappa shape index (κ3) is 5.02. The molecular formula is C14H16N2O3S. The molecular weight excluding hydrogens is 276 g/mol. The van der Waals surface area contributed by atoms with Crippen LogP contribution in [0, 0.1) is 23.2 Å². The van der Waals surface area contributed by atoms with Crippen molar-refractivity contribution < 1.29 is 13.5 Å². The van der Waals surface area contributed by atoms with Crippen molar-refractivity contribution in [1.82, 2.24) is 4.72 Å². The van der Waals surface area contributed by atoms with Gasteiger partial charge in [-0.25, -0.2) is 13.1 Å². The third-order valence-electron chi connectivity index (χ3n) is 2.52. The molecule has 1 aromatic carbocycles. The largest absolute Gasteiger partial charge is 0.395 e. The van der Waals surface area contributed by atoms with Crippen molar-refractivity contribution in [2.75, 3.05) is 6.61 Å². The van der Waals surface area contributed by atoms with E-state index in [9.17, 15) is 8.42 Å². The molecule has 2 N–H and O–H groups in total. The Bertz CT molecular complexity index is 651. The molecule has 1 rings (SSSR count). The van der Waals surface area contributed by atoms with E-state index in [0.717, 1.165) is 11.1 Å². The molecule has 5 nitrogen and oxygen atoms in total. The van der Waals surface area contributed by atoms with Gasteiger partial charge in [0.05, 0.1) is 12.7 Å². The van der Waals surface area contributed by atoms with Crippen LogP contribution in [0.3, 0.4) is 0 Å². The highest BCUT2D eigenvalue weighted by molar-refractivity contribution is 7.90. The molecule has 0 spiro atoms. The van der Waals surface area contributed by atoms with Crippen molar-refractivity contribution in [1.29, 1.82) is 5.26 Å². The Hall–Kier alpha value is -1.86. The number of hydrogen-bond donors (Lipinski definition) is 2. The van der Waals surface area contributed by atoms with Gasteiger partial charge in [-0.15, -0.1) is 0 Å². The van der Waals surface area contributed by atoms with Gasteiger partial charge in [0.2, 0.25) is 10.0 Å². The summed E-state index contributed by atoms with van der Waals surface area (Å²) in [4.78, 5) is 0. The van der Waals surface area contributed by atoms with E-state index < -0.39 is 15.3 Å². The summed E-state index contributed by atoms with van der Waals surface area (Å²) in [7, 11) is -3.62. The molecule has 0 aliphatic heterocycles. The first-order valence-electron chi connectivity index (χ1n) is 6.06. The fourth-order valence-electron chi connectivity index (χ4n) is 1.36. The lowest BCUT2D eigenvalue weighted by Crippen LogP contribution is -2.31. The minimum atomic E-state index is -3.62. The summed E-state index contributed by atoms with van der Waals surface area (Å²) in [6.45, 7) is 1.46. The van der Waals surface area contributed by atoms with E-state index in [2.05, 4.69) is 16.6 Å². The number of nitrogens with one attached hydrogen (secondary N) is 1.